The number of carbonyl (C=O) groups excluding carboxylic acids is 2. The number of nitrogens with one attached hydrogen (secondary N) is 1. The molecule has 0 spiro atoms. The maximum Gasteiger partial charge on any atom is 0.255 e. The summed E-state index contributed by atoms with van der Waals surface area (Å²) >= 11 is 0. The predicted molar refractivity (Wildman–Crippen MR) is 103 cm³/mol. The third kappa shape index (κ3) is 4.75. The summed E-state index contributed by atoms with van der Waals surface area (Å²) in [6, 6.07) is 12.6. The molecule has 28 heavy (non-hydrogen) atoms. The van der Waals surface area contributed by atoms with Crippen LogP contribution in [-0.2, 0) is 26.0 Å². The lowest BCUT2D eigenvalue weighted by Gasteiger charge is -2.26. The van der Waals surface area contributed by atoms with Crippen LogP contribution < -0.4 is 11.1 Å². The number of anilines is 1. The number of amides is 2. The number of nitrogens with zero attached hydrogens (tertiary/aromatic N) is 1. The fraction of sp³-hybridized carbons (Fsp3) is 0.263. The van der Waals surface area contributed by atoms with E-state index in [0.29, 0.717) is 37.6 Å². The van der Waals surface area contributed by atoms with Gasteiger partial charge in [0.2, 0.25) is 15.9 Å². The van der Waals surface area contributed by atoms with E-state index >= 15 is 0 Å². The summed E-state index contributed by atoms with van der Waals surface area (Å²) in [5.74, 6) is -0.790. The highest BCUT2D eigenvalue weighted by Gasteiger charge is 2.26. The van der Waals surface area contributed by atoms with Crippen LogP contribution in [0.15, 0.2) is 53.4 Å². The van der Waals surface area contributed by atoms with Crippen LogP contribution in [0.2, 0.25) is 0 Å². The number of rotatable bonds is 6. The molecule has 2 aromatic rings. The average molecular weight is 403 g/mol. The van der Waals surface area contributed by atoms with Gasteiger partial charge in [0.25, 0.3) is 5.91 Å². The van der Waals surface area contributed by atoms with Crippen molar-refractivity contribution in [1.82, 2.24) is 4.31 Å². The van der Waals surface area contributed by atoms with Gasteiger partial charge >= 0.3 is 0 Å². The van der Waals surface area contributed by atoms with E-state index in [1.54, 1.807) is 24.3 Å². The van der Waals surface area contributed by atoms with Crippen molar-refractivity contribution in [2.24, 2.45) is 5.73 Å². The molecule has 1 aliphatic heterocycles. The molecule has 0 bridgehead atoms. The number of nitrogens with two attached hydrogens (primary N) is 1. The number of ether oxygens (including phenoxy) is 1. The lowest BCUT2D eigenvalue weighted by Crippen LogP contribution is -2.40. The topological polar surface area (TPSA) is 119 Å². The van der Waals surface area contributed by atoms with E-state index in [9.17, 15) is 18.0 Å². The minimum absolute atomic E-state index is 0.132. The van der Waals surface area contributed by atoms with E-state index < -0.39 is 15.9 Å². The van der Waals surface area contributed by atoms with Crippen LogP contribution in [0.25, 0.3) is 0 Å². The van der Waals surface area contributed by atoms with Crippen molar-refractivity contribution < 1.29 is 22.7 Å². The van der Waals surface area contributed by atoms with Crippen LogP contribution in [0.1, 0.15) is 15.9 Å². The number of carbonyl (C=O) groups is 2. The van der Waals surface area contributed by atoms with Crippen molar-refractivity contribution in [3.8, 4) is 0 Å². The van der Waals surface area contributed by atoms with Crippen molar-refractivity contribution in [3.05, 3.63) is 59.7 Å². The van der Waals surface area contributed by atoms with Crippen molar-refractivity contribution in [2.75, 3.05) is 31.6 Å². The zero-order valence-corrected chi connectivity index (χ0v) is 15.9. The van der Waals surface area contributed by atoms with E-state index in [1.807, 2.05) is 0 Å². The van der Waals surface area contributed by atoms with Crippen molar-refractivity contribution in [1.29, 1.82) is 0 Å². The van der Waals surface area contributed by atoms with Crippen LogP contribution in [0.5, 0.6) is 0 Å². The highest BCUT2D eigenvalue weighted by atomic mass is 32.2. The number of sulfonamides is 1. The third-order valence-corrected chi connectivity index (χ3v) is 6.23. The molecule has 1 fully saturated rings. The van der Waals surface area contributed by atoms with Gasteiger partial charge in [-0.05, 0) is 42.0 Å². The number of morpholine rings is 1. The van der Waals surface area contributed by atoms with Gasteiger partial charge in [0, 0.05) is 24.3 Å². The maximum absolute atomic E-state index is 12.6. The first-order valence-corrected chi connectivity index (χ1v) is 10.2. The normalized spacial score (nSPS) is 15.1. The second-order valence-corrected chi connectivity index (χ2v) is 8.27. The monoisotopic (exact) mass is 403 g/mol. The van der Waals surface area contributed by atoms with Crippen LogP contribution >= 0.6 is 0 Å². The predicted octanol–water partition coefficient (Wildman–Crippen LogP) is 0.988. The molecular formula is C19H21N3O5S. The highest BCUT2D eigenvalue weighted by Crippen LogP contribution is 2.18. The Labute approximate surface area is 163 Å². The summed E-state index contributed by atoms with van der Waals surface area (Å²) in [5, 5.41) is 2.73. The Morgan fingerprint density at radius 2 is 1.61 bits per heavy atom. The molecule has 148 valence electrons. The minimum Gasteiger partial charge on any atom is -0.379 e. The highest BCUT2D eigenvalue weighted by molar-refractivity contribution is 7.89. The first kappa shape index (κ1) is 20.0. The first-order chi connectivity index (χ1) is 13.4. The Kier molecular flexibility index (Phi) is 6.08. The molecule has 2 amide bonds. The molecule has 0 aliphatic carbocycles. The molecule has 0 aromatic heterocycles. The fourth-order valence-electron chi connectivity index (χ4n) is 2.82. The molecule has 0 unspecified atom stereocenters. The number of hydrogen-bond acceptors (Lipinski definition) is 5. The number of benzene rings is 2. The first-order valence-electron chi connectivity index (χ1n) is 8.73. The summed E-state index contributed by atoms with van der Waals surface area (Å²) in [7, 11) is -3.59. The van der Waals surface area contributed by atoms with Crippen LogP contribution in [-0.4, -0.2) is 50.8 Å². The SMILES string of the molecule is NC(=O)Cc1ccc(NC(=O)c2ccc(S(=O)(=O)N3CCOCC3)cc2)cc1. The Bertz CT molecular complexity index is 950. The molecule has 8 nitrogen and oxygen atoms in total. The van der Waals surface area contributed by atoms with Crippen molar-refractivity contribution in [3.63, 3.8) is 0 Å². The molecule has 3 rings (SSSR count). The lowest BCUT2D eigenvalue weighted by atomic mass is 10.1. The lowest BCUT2D eigenvalue weighted by molar-refractivity contribution is -0.117. The van der Waals surface area contributed by atoms with E-state index in [-0.39, 0.29) is 17.2 Å². The zero-order valence-electron chi connectivity index (χ0n) is 15.1. The Balaban J connectivity index is 1.67. The Hall–Kier alpha value is -2.75. The Morgan fingerprint density at radius 1 is 1.00 bits per heavy atom. The van der Waals surface area contributed by atoms with Crippen molar-refractivity contribution >= 4 is 27.5 Å². The van der Waals surface area contributed by atoms with Crippen molar-refractivity contribution in [2.45, 2.75) is 11.3 Å². The van der Waals surface area contributed by atoms with E-state index in [4.69, 9.17) is 10.5 Å². The van der Waals surface area contributed by atoms with Crippen LogP contribution in [0.4, 0.5) is 5.69 Å². The fourth-order valence-corrected chi connectivity index (χ4v) is 4.23. The minimum atomic E-state index is -3.59. The maximum atomic E-state index is 12.6. The molecule has 9 heteroatoms. The molecule has 0 radical (unpaired) electrons. The van der Waals surface area contributed by atoms with Crippen LogP contribution in [0, 0.1) is 0 Å². The van der Waals surface area contributed by atoms with Crippen LogP contribution in [0.3, 0.4) is 0 Å². The number of hydrogen-bond donors (Lipinski definition) is 2. The van der Waals surface area contributed by atoms with Gasteiger partial charge in [-0.2, -0.15) is 4.31 Å². The van der Waals surface area contributed by atoms with Gasteiger partial charge in [0.05, 0.1) is 24.5 Å². The van der Waals surface area contributed by atoms with Gasteiger partial charge in [-0.15, -0.1) is 0 Å². The summed E-state index contributed by atoms with van der Waals surface area (Å²) < 4.78 is 31.8. The smallest absolute Gasteiger partial charge is 0.255 e. The molecule has 0 atom stereocenters. The van der Waals surface area contributed by atoms with Gasteiger partial charge in [-0.3, -0.25) is 9.59 Å². The Morgan fingerprint density at radius 3 is 2.18 bits per heavy atom. The standard InChI is InChI=1S/C19H21N3O5S/c20-18(23)13-14-1-5-16(6-2-14)21-19(24)15-3-7-17(8-4-15)28(25,26)22-9-11-27-12-10-22/h1-8H,9-13H2,(H2,20,23)(H,21,24). The molecule has 3 N–H and O–H groups in total. The summed E-state index contributed by atoms with van der Waals surface area (Å²) in [5.41, 5.74) is 6.80. The molecule has 1 heterocycles. The largest absolute Gasteiger partial charge is 0.379 e. The number of primary amides is 1. The summed E-state index contributed by atoms with van der Waals surface area (Å²) in [6.07, 6.45) is 0.132. The molecule has 2 aromatic carbocycles. The molecular weight excluding hydrogens is 382 g/mol. The summed E-state index contributed by atoms with van der Waals surface area (Å²) in [4.78, 5) is 23.4. The zero-order chi connectivity index (χ0) is 20.1. The molecule has 0 saturated carbocycles. The van der Waals surface area contributed by atoms with Gasteiger partial charge in [-0.25, -0.2) is 8.42 Å². The third-order valence-electron chi connectivity index (χ3n) is 4.31. The van der Waals surface area contributed by atoms with Gasteiger partial charge in [0.1, 0.15) is 0 Å². The second kappa shape index (κ2) is 8.51. The summed E-state index contributed by atoms with van der Waals surface area (Å²) in [6.45, 7) is 1.38. The van der Waals surface area contributed by atoms with E-state index in [1.165, 1.54) is 28.6 Å². The van der Waals surface area contributed by atoms with Gasteiger partial charge in [0.15, 0.2) is 0 Å². The molecule has 1 aliphatic rings. The van der Waals surface area contributed by atoms with Gasteiger partial charge < -0.3 is 15.8 Å². The van der Waals surface area contributed by atoms with E-state index in [2.05, 4.69) is 5.32 Å². The average Bonchev–Trinajstić information content (AvgIpc) is 2.70. The quantitative estimate of drug-likeness (QED) is 0.745. The van der Waals surface area contributed by atoms with Gasteiger partial charge in [-0.1, -0.05) is 12.1 Å². The second-order valence-electron chi connectivity index (χ2n) is 6.33. The van der Waals surface area contributed by atoms with E-state index in [0.717, 1.165) is 5.56 Å². The molecule has 1 saturated heterocycles.